The van der Waals surface area contributed by atoms with E-state index in [2.05, 4.69) is 10.2 Å². The first kappa shape index (κ1) is 20.7. The molecule has 1 aliphatic heterocycles. The molecule has 0 bridgehead atoms. The van der Waals surface area contributed by atoms with Crippen molar-refractivity contribution in [2.75, 3.05) is 12.5 Å². The Balaban J connectivity index is 1.46. The normalized spacial score (nSPS) is 12.0. The number of hydrogen-bond donors (Lipinski definition) is 0. The number of nitro groups is 1. The quantitative estimate of drug-likeness (QED) is 0.171. The van der Waals surface area contributed by atoms with Gasteiger partial charge in [0.25, 0.3) is 5.69 Å². The molecule has 1 aliphatic rings. The topological polar surface area (TPSA) is 109 Å². The summed E-state index contributed by atoms with van der Waals surface area (Å²) < 4.78 is 12.7. The number of para-hydroxylation sites is 1. The van der Waals surface area contributed by atoms with Crippen LogP contribution in [0.25, 0.3) is 17.1 Å². The molecule has 0 amide bonds. The van der Waals surface area contributed by atoms with Gasteiger partial charge in [-0.3, -0.25) is 19.5 Å². The zero-order valence-electron chi connectivity index (χ0n) is 17.1. The smallest absolute Gasteiger partial charge is 0.270 e. The number of aromatic nitrogens is 3. The van der Waals surface area contributed by atoms with E-state index in [4.69, 9.17) is 9.47 Å². The van der Waals surface area contributed by atoms with E-state index in [1.165, 1.54) is 30.0 Å². The molecule has 1 aromatic heterocycles. The minimum atomic E-state index is -0.520. The maximum Gasteiger partial charge on any atom is 0.270 e. The maximum absolute atomic E-state index is 12.7. The highest BCUT2D eigenvalue weighted by molar-refractivity contribution is 7.99. The first-order valence-corrected chi connectivity index (χ1v) is 10.9. The van der Waals surface area contributed by atoms with Gasteiger partial charge in [-0.15, -0.1) is 10.2 Å². The van der Waals surface area contributed by atoms with Gasteiger partial charge >= 0.3 is 0 Å². The predicted molar refractivity (Wildman–Crippen MR) is 121 cm³/mol. The molecule has 0 aliphatic carbocycles. The number of thioether (sulfide) groups is 1. The Bertz CT molecular complexity index is 1360. The van der Waals surface area contributed by atoms with Gasteiger partial charge in [0.2, 0.25) is 6.79 Å². The molecule has 0 spiro atoms. The van der Waals surface area contributed by atoms with Crippen LogP contribution in [-0.2, 0) is 0 Å². The molecule has 0 unspecified atom stereocenters. The molecule has 3 aromatic carbocycles. The Morgan fingerprint density at radius 1 is 1.00 bits per heavy atom. The summed E-state index contributed by atoms with van der Waals surface area (Å²) in [7, 11) is 0. The van der Waals surface area contributed by atoms with Crippen LogP contribution in [-0.4, -0.2) is 38.0 Å². The number of nitrogens with zero attached hydrogens (tertiary/aromatic N) is 4. The van der Waals surface area contributed by atoms with Crippen LogP contribution in [0.15, 0.2) is 78.0 Å². The number of benzene rings is 3. The second kappa shape index (κ2) is 8.75. The van der Waals surface area contributed by atoms with Gasteiger partial charge in [-0.05, 0) is 30.3 Å². The van der Waals surface area contributed by atoms with Crippen LogP contribution < -0.4 is 9.47 Å². The number of carbonyl (C=O) groups is 1. The molecule has 33 heavy (non-hydrogen) atoms. The average molecular weight is 460 g/mol. The van der Waals surface area contributed by atoms with Crippen LogP contribution in [0.3, 0.4) is 0 Å². The van der Waals surface area contributed by atoms with Crippen molar-refractivity contribution >= 4 is 23.2 Å². The third-order valence-corrected chi connectivity index (χ3v) is 5.92. The van der Waals surface area contributed by atoms with Crippen molar-refractivity contribution in [1.29, 1.82) is 0 Å². The van der Waals surface area contributed by atoms with Gasteiger partial charge in [0.15, 0.2) is 28.3 Å². The van der Waals surface area contributed by atoms with Crippen LogP contribution in [0.2, 0.25) is 0 Å². The molecule has 0 saturated carbocycles. The summed E-state index contributed by atoms with van der Waals surface area (Å²) >= 11 is 1.21. The van der Waals surface area contributed by atoms with Gasteiger partial charge in [-0.2, -0.15) is 0 Å². The van der Waals surface area contributed by atoms with E-state index < -0.39 is 4.92 Å². The van der Waals surface area contributed by atoms with Gasteiger partial charge in [0.05, 0.1) is 10.7 Å². The molecular weight excluding hydrogens is 444 g/mol. The van der Waals surface area contributed by atoms with E-state index in [1.54, 1.807) is 6.07 Å². The monoisotopic (exact) mass is 460 g/mol. The standard InChI is InChI=1S/C23H16N4O5S/c28-19(15-5-4-8-18(11-15)27(29)30)13-33-23-25-24-22(26(23)17-6-2-1-3-7-17)16-9-10-20-21(12-16)32-14-31-20/h1-12H,13-14H2. The lowest BCUT2D eigenvalue weighted by Gasteiger charge is -2.10. The second-order valence-corrected chi connectivity index (χ2v) is 8.01. The molecule has 0 N–H and O–H groups in total. The predicted octanol–water partition coefficient (Wildman–Crippen LogP) is 4.55. The Labute approximate surface area is 192 Å². The second-order valence-electron chi connectivity index (χ2n) is 7.06. The fraction of sp³-hybridized carbons (Fsp3) is 0.0870. The van der Waals surface area contributed by atoms with E-state index in [9.17, 15) is 14.9 Å². The highest BCUT2D eigenvalue weighted by atomic mass is 32.2. The maximum atomic E-state index is 12.7. The zero-order valence-corrected chi connectivity index (χ0v) is 17.9. The number of Topliss-reactive ketones (excluding diaryl/α,β-unsaturated/α-hetero) is 1. The summed E-state index contributed by atoms with van der Waals surface area (Å²) in [5.74, 6) is 1.69. The van der Waals surface area contributed by atoms with Crippen LogP contribution >= 0.6 is 11.8 Å². The van der Waals surface area contributed by atoms with Crippen LogP contribution in [0, 0.1) is 10.1 Å². The van der Waals surface area contributed by atoms with Crippen molar-refractivity contribution in [2.45, 2.75) is 5.16 Å². The van der Waals surface area contributed by atoms with E-state index >= 15 is 0 Å². The number of ether oxygens (including phenoxy) is 2. The molecule has 0 radical (unpaired) electrons. The molecule has 10 heteroatoms. The molecular formula is C23H16N4O5S. The van der Waals surface area contributed by atoms with Gasteiger partial charge < -0.3 is 9.47 Å². The van der Waals surface area contributed by atoms with E-state index in [0.29, 0.717) is 22.5 Å². The molecule has 0 atom stereocenters. The molecule has 0 fully saturated rings. The van der Waals surface area contributed by atoms with E-state index in [0.717, 1.165) is 11.3 Å². The lowest BCUT2D eigenvalue weighted by molar-refractivity contribution is -0.384. The fourth-order valence-corrected chi connectivity index (χ4v) is 4.25. The lowest BCUT2D eigenvalue weighted by Crippen LogP contribution is -2.05. The van der Waals surface area contributed by atoms with Crippen LogP contribution in [0.4, 0.5) is 5.69 Å². The van der Waals surface area contributed by atoms with Gasteiger partial charge in [0.1, 0.15) is 0 Å². The molecule has 5 rings (SSSR count). The average Bonchev–Trinajstić information content (AvgIpc) is 3.49. The summed E-state index contributed by atoms with van der Waals surface area (Å²) in [6.45, 7) is 0.172. The third kappa shape index (κ3) is 4.15. The fourth-order valence-electron chi connectivity index (χ4n) is 3.40. The zero-order chi connectivity index (χ0) is 22.8. The molecule has 4 aromatic rings. The van der Waals surface area contributed by atoms with Gasteiger partial charge in [-0.1, -0.05) is 42.1 Å². The molecule has 164 valence electrons. The van der Waals surface area contributed by atoms with E-state index in [-0.39, 0.29) is 29.6 Å². The number of fused-ring (bicyclic) bond motifs is 1. The van der Waals surface area contributed by atoms with Gasteiger partial charge in [-0.25, -0.2) is 0 Å². The lowest BCUT2D eigenvalue weighted by atomic mass is 10.1. The highest BCUT2D eigenvalue weighted by Gasteiger charge is 2.21. The Morgan fingerprint density at radius 2 is 1.82 bits per heavy atom. The summed E-state index contributed by atoms with van der Waals surface area (Å²) in [5, 5.41) is 20.2. The summed E-state index contributed by atoms with van der Waals surface area (Å²) in [6.07, 6.45) is 0. The number of non-ortho nitro benzene ring substituents is 1. The van der Waals surface area contributed by atoms with Crippen molar-refractivity contribution in [3.63, 3.8) is 0 Å². The summed E-state index contributed by atoms with van der Waals surface area (Å²) in [5.41, 5.74) is 1.77. The number of hydrogen-bond acceptors (Lipinski definition) is 8. The highest BCUT2D eigenvalue weighted by Crippen LogP contribution is 2.37. The minimum absolute atomic E-state index is 0.0489. The van der Waals surface area contributed by atoms with Crippen LogP contribution in [0.5, 0.6) is 11.5 Å². The third-order valence-electron chi connectivity index (χ3n) is 4.99. The number of rotatable bonds is 7. The van der Waals surface area contributed by atoms with Crippen molar-refractivity contribution in [3.05, 3.63) is 88.5 Å². The van der Waals surface area contributed by atoms with Crippen molar-refractivity contribution in [3.8, 4) is 28.6 Å². The Morgan fingerprint density at radius 3 is 2.64 bits per heavy atom. The number of ketones is 1. The molecule has 9 nitrogen and oxygen atoms in total. The van der Waals surface area contributed by atoms with Crippen LogP contribution in [0.1, 0.15) is 10.4 Å². The SMILES string of the molecule is O=C(CSc1nnc(-c2ccc3c(c2)OCO3)n1-c1ccccc1)c1cccc([N+](=O)[O-])c1. The van der Waals surface area contributed by atoms with Crippen molar-refractivity contribution in [1.82, 2.24) is 14.8 Å². The van der Waals surface area contributed by atoms with Gasteiger partial charge in [0, 0.05) is 28.9 Å². The van der Waals surface area contributed by atoms with E-state index in [1.807, 2.05) is 53.1 Å². The van der Waals surface area contributed by atoms with Crippen molar-refractivity contribution in [2.24, 2.45) is 0 Å². The summed E-state index contributed by atoms with van der Waals surface area (Å²) in [4.78, 5) is 23.2. The van der Waals surface area contributed by atoms with Crippen molar-refractivity contribution < 1.29 is 19.2 Å². The number of nitro benzene ring substituents is 1. The largest absolute Gasteiger partial charge is 0.454 e. The Kier molecular flexibility index (Phi) is 5.49. The molecule has 0 saturated heterocycles. The first-order valence-electron chi connectivity index (χ1n) is 9.91. The Hall–Kier alpha value is -4.18. The minimum Gasteiger partial charge on any atom is -0.454 e. The summed E-state index contributed by atoms with van der Waals surface area (Å²) in [6, 6.07) is 20.8. The number of carbonyl (C=O) groups excluding carboxylic acids is 1. The first-order chi connectivity index (χ1) is 16.1. The molecule has 2 heterocycles.